The number of hydrogen-bond acceptors (Lipinski definition) is 3. The maximum atomic E-state index is 10.6. The van der Waals surface area contributed by atoms with E-state index in [0.29, 0.717) is 12.0 Å². The van der Waals surface area contributed by atoms with E-state index in [-0.39, 0.29) is 0 Å². The van der Waals surface area contributed by atoms with Crippen molar-refractivity contribution in [3.05, 3.63) is 5.21 Å². The predicted molar refractivity (Wildman–Crippen MR) is 83.8 cm³/mol. The van der Waals surface area contributed by atoms with Crippen LogP contribution >= 0.6 is 45.2 Å². The van der Waals surface area contributed by atoms with Crippen molar-refractivity contribution in [1.29, 1.82) is 0 Å². The Morgan fingerprint density at radius 3 is 2.74 bits per heavy atom. The highest BCUT2D eigenvalue weighted by Gasteiger charge is 2.87. The van der Waals surface area contributed by atoms with Crippen LogP contribution in [0.5, 0.6) is 0 Å². The molecule has 2 N–H and O–H groups in total. The van der Waals surface area contributed by atoms with Crippen molar-refractivity contribution in [3.63, 3.8) is 0 Å². The molecule has 11 unspecified atom stereocenters. The van der Waals surface area contributed by atoms with Crippen LogP contribution in [0.3, 0.4) is 0 Å². The van der Waals surface area contributed by atoms with E-state index in [1.54, 1.807) is 0 Å². The Morgan fingerprint density at radius 2 is 2.00 bits per heavy atom. The monoisotopic (exact) mass is 489 g/mol. The summed E-state index contributed by atoms with van der Waals surface area (Å²) in [6, 6.07) is 0. The van der Waals surface area contributed by atoms with Gasteiger partial charge in [-0.2, -0.15) is 10.0 Å². The molecule has 0 aromatic heterocycles. The standard InChI is InChI=1S/C13H17I2NO3/c14-11-8-4-3-5-7-6(4)10(11)13(9(5)8,12(7)15)1-2-19-16(17)18/h4-12,16-17H,1-3H2. The van der Waals surface area contributed by atoms with E-state index in [1.807, 2.05) is 0 Å². The molecule has 6 aliphatic carbocycles. The SMILES string of the molecule is [O-][NH+](O)OCCC12C(I)C3C4CC5C3C1C(I)C5C42. The molecular weight excluding hydrogens is 472 g/mol. The molecule has 0 radical (unpaired) electrons. The van der Waals surface area contributed by atoms with Crippen LogP contribution in [0.15, 0.2) is 0 Å². The van der Waals surface area contributed by atoms with E-state index in [1.165, 1.54) is 6.42 Å². The molecule has 19 heavy (non-hydrogen) atoms. The molecule has 6 bridgehead atoms. The maximum absolute atomic E-state index is 10.6. The fraction of sp³-hybridized carbons (Fsp3) is 1.00. The van der Waals surface area contributed by atoms with Gasteiger partial charge in [0.15, 0.2) is 0 Å². The molecule has 4 nitrogen and oxygen atoms in total. The first-order valence-corrected chi connectivity index (χ1v) is 9.72. The van der Waals surface area contributed by atoms with Crippen molar-refractivity contribution in [3.8, 4) is 0 Å². The lowest BCUT2D eigenvalue weighted by Gasteiger charge is -2.42. The second-order valence-corrected chi connectivity index (χ2v) is 9.95. The van der Waals surface area contributed by atoms with Gasteiger partial charge in [0, 0.05) is 7.85 Å². The van der Waals surface area contributed by atoms with Crippen molar-refractivity contribution < 1.29 is 15.4 Å². The van der Waals surface area contributed by atoms with E-state index in [9.17, 15) is 5.21 Å². The van der Waals surface area contributed by atoms with Gasteiger partial charge >= 0.3 is 0 Å². The highest BCUT2D eigenvalue weighted by molar-refractivity contribution is 14.1. The molecule has 6 rings (SSSR count). The van der Waals surface area contributed by atoms with Crippen LogP contribution in [0.2, 0.25) is 0 Å². The third-order valence-corrected chi connectivity index (χ3v) is 10.9. The molecule has 106 valence electrons. The number of hydrogen-bond donors (Lipinski definition) is 2. The van der Waals surface area contributed by atoms with Crippen molar-refractivity contribution >= 4 is 45.2 Å². The van der Waals surface area contributed by atoms with Gasteiger partial charge in [-0.25, -0.2) is 0 Å². The van der Waals surface area contributed by atoms with Gasteiger partial charge in [0.05, 0.1) is 0 Å². The van der Waals surface area contributed by atoms with E-state index in [2.05, 4.69) is 45.2 Å². The zero-order valence-corrected chi connectivity index (χ0v) is 14.7. The minimum Gasteiger partial charge on any atom is -0.566 e. The lowest BCUT2D eigenvalue weighted by molar-refractivity contribution is -1.21. The van der Waals surface area contributed by atoms with Crippen LogP contribution in [-0.4, -0.2) is 19.7 Å². The molecule has 6 saturated carbocycles. The Morgan fingerprint density at radius 1 is 1.21 bits per heavy atom. The quantitative estimate of drug-likeness (QED) is 0.358. The van der Waals surface area contributed by atoms with Gasteiger partial charge in [0.25, 0.3) is 0 Å². The third-order valence-electron chi connectivity index (χ3n) is 7.33. The minimum atomic E-state index is -1.11. The average molecular weight is 489 g/mol. The number of alkyl halides is 2. The van der Waals surface area contributed by atoms with Crippen molar-refractivity contribution in [1.82, 2.24) is 0 Å². The van der Waals surface area contributed by atoms with Crippen LogP contribution in [0, 0.1) is 52.0 Å². The molecule has 6 fully saturated rings. The summed E-state index contributed by atoms with van der Waals surface area (Å²) in [4.78, 5) is 4.87. The highest BCUT2D eigenvalue weighted by atomic mass is 127. The van der Waals surface area contributed by atoms with Crippen molar-refractivity contribution in [2.75, 3.05) is 6.61 Å². The molecule has 6 aliphatic rings. The van der Waals surface area contributed by atoms with Crippen LogP contribution in [-0.2, 0) is 4.84 Å². The summed E-state index contributed by atoms with van der Waals surface area (Å²) in [6.45, 7) is 0.411. The van der Waals surface area contributed by atoms with Gasteiger partial charge in [-0.3, -0.25) is 0 Å². The Hall–Kier alpha value is 1.30. The summed E-state index contributed by atoms with van der Waals surface area (Å²) in [7, 11) is 0. The summed E-state index contributed by atoms with van der Waals surface area (Å²) in [5.41, 5.74) is 0.430. The molecule has 6 heteroatoms. The molecule has 0 aromatic carbocycles. The van der Waals surface area contributed by atoms with Crippen molar-refractivity contribution in [2.24, 2.45) is 46.8 Å². The first-order valence-electron chi connectivity index (χ1n) is 7.23. The molecular formula is C13H17I2NO3. The normalized spacial score (nSPS) is 67.9. The van der Waals surface area contributed by atoms with Crippen LogP contribution in [0.4, 0.5) is 0 Å². The first-order chi connectivity index (χ1) is 9.09. The van der Waals surface area contributed by atoms with E-state index >= 15 is 0 Å². The molecule has 0 amide bonds. The second-order valence-electron chi connectivity index (χ2n) is 7.17. The van der Waals surface area contributed by atoms with Gasteiger partial charge in [-0.1, -0.05) is 50.6 Å². The second kappa shape index (κ2) is 3.79. The van der Waals surface area contributed by atoms with Gasteiger partial charge < -0.3 is 5.21 Å². The third kappa shape index (κ3) is 1.17. The Kier molecular flexibility index (Phi) is 2.55. The summed E-state index contributed by atoms with van der Waals surface area (Å²) in [6.07, 6.45) is 2.47. The molecule has 11 atom stereocenters. The van der Waals surface area contributed by atoms with Crippen LogP contribution in [0.1, 0.15) is 12.8 Å². The average Bonchev–Trinajstić information content (AvgIpc) is 3.05. The first kappa shape index (κ1) is 12.8. The summed E-state index contributed by atoms with van der Waals surface area (Å²) in [5, 5.41) is 18.2. The number of rotatable bonds is 4. The zero-order chi connectivity index (χ0) is 13.1. The largest absolute Gasteiger partial charge is 0.566 e. The Labute approximate surface area is 139 Å². The smallest absolute Gasteiger partial charge is 0.111 e. The lowest BCUT2D eigenvalue weighted by Crippen LogP contribution is -3.03. The molecule has 0 aromatic rings. The van der Waals surface area contributed by atoms with Crippen LogP contribution < -0.4 is 5.39 Å². The van der Waals surface area contributed by atoms with E-state index in [0.717, 1.165) is 55.7 Å². The van der Waals surface area contributed by atoms with Gasteiger partial charge in [-0.15, -0.1) is 0 Å². The minimum absolute atomic E-state index is 0.411. The number of nitrogens with one attached hydrogen (secondary N) is 1. The zero-order valence-electron chi connectivity index (χ0n) is 10.3. The summed E-state index contributed by atoms with van der Waals surface area (Å²) >= 11 is 5.44. The molecule has 0 spiro atoms. The van der Waals surface area contributed by atoms with Crippen molar-refractivity contribution in [2.45, 2.75) is 20.7 Å². The molecule has 0 saturated heterocycles. The van der Waals surface area contributed by atoms with Gasteiger partial charge in [-0.05, 0) is 59.7 Å². The topological polar surface area (TPSA) is 57.0 Å². The molecule has 0 heterocycles. The van der Waals surface area contributed by atoms with E-state index < -0.39 is 5.39 Å². The lowest BCUT2D eigenvalue weighted by atomic mass is 9.62. The highest BCUT2D eigenvalue weighted by Crippen LogP contribution is 2.89. The predicted octanol–water partition coefficient (Wildman–Crippen LogP) is 1.45. The van der Waals surface area contributed by atoms with Crippen LogP contribution in [0.25, 0.3) is 0 Å². The number of halogens is 2. The summed E-state index contributed by atoms with van der Waals surface area (Å²) < 4.78 is 1.64. The summed E-state index contributed by atoms with van der Waals surface area (Å²) in [5.74, 6) is 6.68. The maximum Gasteiger partial charge on any atom is 0.111 e. The number of quaternary nitrogens is 1. The Balaban J connectivity index is 1.51. The van der Waals surface area contributed by atoms with Gasteiger partial charge in [0.1, 0.15) is 6.61 Å². The van der Waals surface area contributed by atoms with E-state index in [4.69, 9.17) is 10.0 Å². The van der Waals surface area contributed by atoms with Gasteiger partial charge in [0.2, 0.25) is 0 Å². The fourth-order valence-corrected chi connectivity index (χ4v) is 11.8. The Bertz CT molecular complexity index is 446. The molecule has 0 aliphatic heterocycles. The fourth-order valence-electron chi connectivity index (χ4n) is 7.50.